The Morgan fingerprint density at radius 1 is 1.08 bits per heavy atom. The van der Waals surface area contributed by atoms with E-state index in [1.54, 1.807) is 13.8 Å². The van der Waals surface area contributed by atoms with Crippen LogP contribution in [0.2, 0.25) is 0 Å². The highest BCUT2D eigenvalue weighted by Gasteiger charge is 2.46. The molecule has 1 aliphatic heterocycles. The summed E-state index contributed by atoms with van der Waals surface area (Å²) < 4.78 is 52.3. The number of aliphatic imine (C=N–C) groups is 1. The molecule has 3 unspecified atom stereocenters. The van der Waals surface area contributed by atoms with E-state index in [9.17, 15) is 22.8 Å². The van der Waals surface area contributed by atoms with Gasteiger partial charge in [-0.05, 0) is 43.9 Å². The number of alkyl halides is 4. The van der Waals surface area contributed by atoms with Gasteiger partial charge in [0.05, 0.1) is 30.6 Å². The van der Waals surface area contributed by atoms with Crippen molar-refractivity contribution in [2.45, 2.75) is 43.6 Å². The summed E-state index contributed by atoms with van der Waals surface area (Å²) in [7, 11) is 1.15. The van der Waals surface area contributed by atoms with Gasteiger partial charge in [-0.15, -0.1) is 0 Å². The molecule has 2 aromatic carbocycles. The maximum Gasteiger partial charge on any atom is 0.416 e. The lowest BCUT2D eigenvalue weighted by atomic mass is 9.73. The molecule has 0 radical (unpaired) electrons. The van der Waals surface area contributed by atoms with Crippen LogP contribution in [0.1, 0.15) is 54.1 Å². The van der Waals surface area contributed by atoms with E-state index in [2.05, 4.69) is 20.9 Å². The average Bonchev–Trinajstić information content (AvgIpc) is 2.86. The van der Waals surface area contributed by atoms with Gasteiger partial charge in [0.1, 0.15) is 5.92 Å². The summed E-state index contributed by atoms with van der Waals surface area (Å²) in [5.41, 5.74) is 0.406. The molecular formula is C27H27BrF3NO4. The standard InChI is InChI=1S/C27H27BrF3NO4/c1-4-36-26(34)24-21(15-14-20(28)17-10-6-5-7-11-17)32-16(2)22(25(33)35-3)23(24)18-12-8-9-13-19(18)27(29,30)31/h5-13,20,22-23H,4,14-15H2,1-3H3. The van der Waals surface area contributed by atoms with Gasteiger partial charge in [0.25, 0.3) is 0 Å². The minimum absolute atomic E-state index is 0.0138. The third kappa shape index (κ3) is 6.06. The van der Waals surface area contributed by atoms with Crippen LogP contribution in [0.4, 0.5) is 13.2 Å². The van der Waals surface area contributed by atoms with E-state index in [-0.39, 0.29) is 34.7 Å². The zero-order valence-corrected chi connectivity index (χ0v) is 21.7. The van der Waals surface area contributed by atoms with E-state index in [0.717, 1.165) is 18.7 Å². The fraction of sp³-hybridized carbons (Fsp3) is 0.370. The number of halogens is 4. The molecule has 3 rings (SSSR count). The molecule has 0 fully saturated rings. The Balaban J connectivity index is 2.18. The fourth-order valence-electron chi connectivity index (χ4n) is 4.46. The topological polar surface area (TPSA) is 65.0 Å². The molecule has 1 heterocycles. The number of nitrogens with zero attached hydrogens (tertiary/aromatic N) is 1. The molecule has 0 aromatic heterocycles. The Hall–Kier alpha value is -2.94. The predicted molar refractivity (Wildman–Crippen MR) is 134 cm³/mol. The van der Waals surface area contributed by atoms with Crippen LogP contribution in [0, 0.1) is 5.92 Å². The Labute approximate surface area is 216 Å². The van der Waals surface area contributed by atoms with Crippen molar-refractivity contribution in [3.05, 3.63) is 82.6 Å². The van der Waals surface area contributed by atoms with Crippen LogP contribution >= 0.6 is 15.9 Å². The van der Waals surface area contributed by atoms with Gasteiger partial charge >= 0.3 is 18.1 Å². The highest BCUT2D eigenvalue weighted by atomic mass is 79.9. The molecule has 1 aliphatic rings. The first kappa shape index (κ1) is 27.6. The summed E-state index contributed by atoms with van der Waals surface area (Å²) in [6.45, 7) is 3.19. The summed E-state index contributed by atoms with van der Waals surface area (Å²) in [6, 6.07) is 14.6. The van der Waals surface area contributed by atoms with Crippen molar-refractivity contribution in [2.75, 3.05) is 13.7 Å². The van der Waals surface area contributed by atoms with Gasteiger partial charge in [0, 0.05) is 16.5 Å². The molecule has 9 heteroatoms. The first-order chi connectivity index (χ1) is 17.1. The summed E-state index contributed by atoms with van der Waals surface area (Å²) in [4.78, 5) is 30.5. The van der Waals surface area contributed by atoms with E-state index >= 15 is 0 Å². The number of carbonyl (C=O) groups excluding carboxylic acids is 2. The molecule has 3 atom stereocenters. The third-order valence-corrected chi connectivity index (χ3v) is 7.05. The normalized spacial score (nSPS) is 18.9. The molecule has 0 amide bonds. The van der Waals surface area contributed by atoms with Crippen molar-refractivity contribution in [3.63, 3.8) is 0 Å². The third-order valence-electron chi connectivity index (χ3n) is 6.06. The van der Waals surface area contributed by atoms with Crippen LogP contribution < -0.4 is 0 Å². The van der Waals surface area contributed by atoms with Crippen molar-refractivity contribution in [2.24, 2.45) is 10.9 Å². The Bertz CT molecular complexity index is 1160. The lowest BCUT2D eigenvalue weighted by Gasteiger charge is -2.33. The van der Waals surface area contributed by atoms with E-state index in [1.807, 2.05) is 30.3 Å². The number of ether oxygens (including phenoxy) is 2. The van der Waals surface area contributed by atoms with Gasteiger partial charge in [-0.25, -0.2) is 4.79 Å². The Morgan fingerprint density at radius 3 is 2.33 bits per heavy atom. The summed E-state index contributed by atoms with van der Waals surface area (Å²) in [5, 5.41) is 0. The van der Waals surface area contributed by atoms with Crippen molar-refractivity contribution in [3.8, 4) is 0 Å². The van der Waals surface area contributed by atoms with Crippen LogP contribution in [-0.2, 0) is 25.2 Å². The van der Waals surface area contributed by atoms with Gasteiger partial charge in [0.15, 0.2) is 0 Å². The van der Waals surface area contributed by atoms with E-state index in [1.165, 1.54) is 18.2 Å². The molecule has 0 saturated carbocycles. The number of esters is 2. The largest absolute Gasteiger partial charge is 0.468 e. The number of allylic oxidation sites excluding steroid dienone is 1. The highest BCUT2D eigenvalue weighted by Crippen LogP contribution is 2.46. The number of hydrogen-bond donors (Lipinski definition) is 0. The van der Waals surface area contributed by atoms with Crippen LogP contribution in [-0.4, -0.2) is 31.4 Å². The number of rotatable bonds is 8. The van der Waals surface area contributed by atoms with Gasteiger partial charge < -0.3 is 9.47 Å². The summed E-state index contributed by atoms with van der Waals surface area (Å²) in [5.74, 6) is -4.06. The van der Waals surface area contributed by atoms with Crippen molar-refractivity contribution < 1.29 is 32.2 Å². The SMILES string of the molecule is CCOC(=O)C1=C(CCC(Br)c2ccccc2)N=C(C)C(C(=O)OC)C1c1ccccc1C(F)(F)F. The smallest absolute Gasteiger partial charge is 0.416 e. The van der Waals surface area contributed by atoms with Crippen molar-refractivity contribution in [1.82, 2.24) is 0 Å². The number of benzene rings is 2. The van der Waals surface area contributed by atoms with Crippen LogP contribution in [0.25, 0.3) is 0 Å². The molecule has 0 bridgehead atoms. The van der Waals surface area contributed by atoms with Crippen LogP contribution in [0.3, 0.4) is 0 Å². The van der Waals surface area contributed by atoms with Crippen LogP contribution in [0.5, 0.6) is 0 Å². The monoisotopic (exact) mass is 565 g/mol. The Kier molecular flexibility index (Phi) is 9.11. The molecule has 192 valence electrons. The Morgan fingerprint density at radius 2 is 1.72 bits per heavy atom. The minimum Gasteiger partial charge on any atom is -0.468 e. The number of hydrogen-bond acceptors (Lipinski definition) is 5. The maximum absolute atomic E-state index is 14.0. The van der Waals surface area contributed by atoms with Gasteiger partial charge in [-0.2, -0.15) is 13.2 Å². The van der Waals surface area contributed by atoms with Crippen molar-refractivity contribution in [1.29, 1.82) is 0 Å². The van der Waals surface area contributed by atoms with E-state index in [4.69, 9.17) is 9.47 Å². The molecular weight excluding hydrogens is 539 g/mol. The minimum atomic E-state index is -4.70. The van der Waals surface area contributed by atoms with E-state index in [0.29, 0.717) is 12.1 Å². The lowest BCUT2D eigenvalue weighted by molar-refractivity contribution is -0.145. The van der Waals surface area contributed by atoms with E-state index < -0.39 is 35.5 Å². The first-order valence-corrected chi connectivity index (χ1v) is 12.4. The zero-order valence-electron chi connectivity index (χ0n) is 20.1. The fourth-order valence-corrected chi connectivity index (χ4v) is 5.00. The van der Waals surface area contributed by atoms with Gasteiger partial charge in [-0.1, -0.05) is 64.5 Å². The average molecular weight is 566 g/mol. The zero-order chi connectivity index (χ0) is 26.5. The summed E-state index contributed by atoms with van der Waals surface area (Å²) >= 11 is 3.65. The molecule has 5 nitrogen and oxygen atoms in total. The highest BCUT2D eigenvalue weighted by molar-refractivity contribution is 9.09. The molecule has 0 aliphatic carbocycles. The number of methoxy groups -OCH3 is 1. The molecule has 0 saturated heterocycles. The van der Waals surface area contributed by atoms with Gasteiger partial charge in [-0.3, -0.25) is 9.79 Å². The predicted octanol–water partition coefficient (Wildman–Crippen LogP) is 6.79. The van der Waals surface area contributed by atoms with Crippen molar-refractivity contribution >= 4 is 33.6 Å². The second kappa shape index (κ2) is 11.9. The second-order valence-electron chi connectivity index (χ2n) is 8.31. The quantitative estimate of drug-likeness (QED) is 0.261. The van der Waals surface area contributed by atoms with Crippen LogP contribution in [0.15, 0.2) is 70.9 Å². The summed E-state index contributed by atoms with van der Waals surface area (Å²) in [6.07, 6.45) is -3.92. The maximum atomic E-state index is 14.0. The second-order valence-corrected chi connectivity index (χ2v) is 9.42. The van der Waals surface area contributed by atoms with Gasteiger partial charge in [0.2, 0.25) is 0 Å². The molecule has 36 heavy (non-hydrogen) atoms. The molecule has 0 N–H and O–H groups in total. The lowest BCUT2D eigenvalue weighted by Crippen LogP contribution is -2.37. The molecule has 0 spiro atoms. The number of carbonyl (C=O) groups is 2. The molecule has 2 aromatic rings. The first-order valence-electron chi connectivity index (χ1n) is 11.5.